The first-order chi connectivity index (χ1) is 21.2. The molecule has 0 unspecified atom stereocenters. The molecule has 0 aliphatic carbocycles. The molecule has 0 amide bonds. The second-order valence-corrected chi connectivity index (χ2v) is 12.8. The molecule has 3 aromatic rings. The Labute approximate surface area is 281 Å². The second-order valence-electron chi connectivity index (χ2n) is 11.3. The number of aromatic nitrogens is 4. The zero-order valence-corrected chi connectivity index (χ0v) is 30.1. The molecule has 2 aliphatic heterocycles. The molecule has 234 valence electrons. The average Bonchev–Trinajstić information content (AvgIpc) is 3.80. The fourth-order valence-electron chi connectivity index (χ4n) is 7.25. The Morgan fingerprint density at radius 1 is 0.364 bits per heavy atom. The molecule has 0 spiro atoms. The molecule has 44 heavy (non-hydrogen) atoms. The van der Waals surface area contributed by atoms with Gasteiger partial charge in [-0.05, 0) is 95.9 Å². The van der Waals surface area contributed by atoms with E-state index in [1.807, 2.05) is 0 Å². The topological polar surface area (TPSA) is 57.4 Å². The smallest absolute Gasteiger partial charge is 0.0925 e. The van der Waals surface area contributed by atoms with E-state index in [0.29, 0.717) is 20.1 Å². The van der Waals surface area contributed by atoms with Crippen LogP contribution in [0.3, 0.4) is 0 Å². The molecule has 8 bridgehead atoms. The first-order valence-electron chi connectivity index (χ1n) is 16.1. The lowest BCUT2D eigenvalue weighted by molar-refractivity contribution is 1.07. The highest BCUT2D eigenvalue weighted by atomic mass is 35.5. The van der Waals surface area contributed by atoms with Crippen molar-refractivity contribution in [1.82, 2.24) is 19.9 Å². The fourth-order valence-corrected chi connectivity index (χ4v) is 8.52. The summed E-state index contributed by atoms with van der Waals surface area (Å²) in [5.74, 6) is 0. The highest BCUT2D eigenvalue weighted by Crippen LogP contribution is 2.47. The summed E-state index contributed by atoms with van der Waals surface area (Å²) >= 11 is 29.5. The van der Waals surface area contributed by atoms with Crippen LogP contribution >= 0.6 is 46.4 Å². The van der Waals surface area contributed by atoms with Crippen molar-refractivity contribution in [2.24, 2.45) is 0 Å². The summed E-state index contributed by atoms with van der Waals surface area (Å²) in [7, 11) is 0. The summed E-state index contributed by atoms with van der Waals surface area (Å²) in [5, 5.41) is 2.38. The molecular weight excluding hydrogens is 630 g/mol. The van der Waals surface area contributed by atoms with E-state index in [9.17, 15) is 0 Å². The number of halogens is 4. The number of aryl methyl sites for hydroxylation is 4. The van der Waals surface area contributed by atoms with Gasteiger partial charge in [0.05, 0.1) is 64.9 Å². The number of fused-ring (bicyclic) bond motifs is 8. The Balaban J connectivity index is 2.18. The van der Waals surface area contributed by atoms with Crippen molar-refractivity contribution in [2.75, 3.05) is 0 Å². The van der Waals surface area contributed by atoms with Crippen molar-refractivity contribution < 1.29 is 0 Å². The highest BCUT2D eigenvalue weighted by molar-refractivity contribution is 6.40. The number of hydrogen-bond donors (Lipinski definition) is 2. The van der Waals surface area contributed by atoms with Crippen LogP contribution in [-0.2, 0) is 25.7 Å². The molecule has 0 atom stereocenters. The van der Waals surface area contributed by atoms with Crippen LogP contribution in [0.4, 0.5) is 0 Å². The maximum absolute atomic E-state index is 7.41. The van der Waals surface area contributed by atoms with Gasteiger partial charge in [-0.25, -0.2) is 9.97 Å². The van der Waals surface area contributed by atoms with E-state index in [1.165, 1.54) is 0 Å². The molecule has 0 fully saturated rings. The molecule has 0 aromatic carbocycles. The van der Waals surface area contributed by atoms with Gasteiger partial charge in [0.25, 0.3) is 0 Å². The minimum absolute atomic E-state index is 0.548. The van der Waals surface area contributed by atoms with Crippen molar-refractivity contribution in [3.8, 4) is 0 Å². The first-order valence-corrected chi connectivity index (χ1v) is 17.6. The van der Waals surface area contributed by atoms with Crippen molar-refractivity contribution >= 4 is 90.8 Å². The van der Waals surface area contributed by atoms with E-state index in [4.69, 9.17) is 56.4 Å². The largest absolute Gasteiger partial charge is 0.352 e. The summed E-state index contributed by atoms with van der Waals surface area (Å²) in [6.07, 6.45) is 6.31. The van der Waals surface area contributed by atoms with Crippen molar-refractivity contribution in [2.45, 2.75) is 107 Å². The third kappa shape index (κ3) is 4.96. The Morgan fingerprint density at radius 3 is 0.864 bits per heavy atom. The molecule has 4 nitrogen and oxygen atoms in total. The summed E-state index contributed by atoms with van der Waals surface area (Å²) < 4.78 is 0. The van der Waals surface area contributed by atoms with Crippen LogP contribution in [0, 0.1) is 0 Å². The predicted octanol–water partition coefficient (Wildman–Crippen LogP) is 12.6. The van der Waals surface area contributed by atoms with Crippen LogP contribution in [-0.4, -0.2) is 19.9 Å². The van der Waals surface area contributed by atoms with Gasteiger partial charge in [0.2, 0.25) is 0 Å². The second kappa shape index (κ2) is 13.2. The predicted molar refractivity (Wildman–Crippen MR) is 193 cm³/mol. The average molecular weight is 673 g/mol. The van der Waals surface area contributed by atoms with Crippen LogP contribution < -0.4 is 0 Å². The van der Waals surface area contributed by atoms with Gasteiger partial charge < -0.3 is 9.97 Å². The Kier molecular flexibility index (Phi) is 9.97. The number of allylic oxidation sites excluding steroid dienone is 4. The number of aromatic amines is 2. The van der Waals surface area contributed by atoms with E-state index in [0.717, 1.165) is 141 Å². The zero-order valence-electron chi connectivity index (χ0n) is 27.1. The van der Waals surface area contributed by atoms with Gasteiger partial charge in [0, 0.05) is 0 Å². The fraction of sp³-hybridized carbons (Fsp3) is 0.444. The van der Waals surface area contributed by atoms with Crippen LogP contribution in [0.25, 0.3) is 44.4 Å². The molecule has 5 heterocycles. The lowest BCUT2D eigenvalue weighted by Crippen LogP contribution is -1.90. The summed E-state index contributed by atoms with van der Waals surface area (Å²) in [5.41, 5.74) is 15.6. The maximum atomic E-state index is 7.41. The molecule has 0 radical (unpaired) electrons. The van der Waals surface area contributed by atoms with Crippen molar-refractivity contribution in [3.05, 3.63) is 65.1 Å². The van der Waals surface area contributed by atoms with Gasteiger partial charge >= 0.3 is 0 Å². The van der Waals surface area contributed by atoms with Gasteiger partial charge in [-0.3, -0.25) is 0 Å². The van der Waals surface area contributed by atoms with E-state index in [2.05, 4.69) is 65.4 Å². The monoisotopic (exact) mass is 670 g/mol. The van der Waals surface area contributed by atoms with Crippen molar-refractivity contribution in [1.29, 1.82) is 0 Å². The molecule has 8 heteroatoms. The van der Waals surface area contributed by atoms with Gasteiger partial charge in [-0.2, -0.15) is 0 Å². The number of hydrogen-bond acceptors (Lipinski definition) is 2. The summed E-state index contributed by atoms with van der Waals surface area (Å²) in [4.78, 5) is 17.7. The minimum atomic E-state index is 0.548. The van der Waals surface area contributed by atoms with E-state index < -0.39 is 0 Å². The lowest BCUT2D eigenvalue weighted by Gasteiger charge is -2.07. The third-order valence-corrected chi connectivity index (χ3v) is 10.8. The Hall–Kier alpha value is -2.24. The molecule has 0 saturated carbocycles. The van der Waals surface area contributed by atoms with E-state index >= 15 is 0 Å². The van der Waals surface area contributed by atoms with Crippen LogP contribution in [0.15, 0.2) is 0 Å². The van der Waals surface area contributed by atoms with Crippen LogP contribution in [0.5, 0.6) is 0 Å². The molecular formula is C36H42Cl4N4. The molecule has 3 aromatic heterocycles. The Bertz CT molecular complexity index is 1760. The van der Waals surface area contributed by atoms with E-state index in [1.54, 1.807) is 0 Å². The minimum Gasteiger partial charge on any atom is -0.352 e. The van der Waals surface area contributed by atoms with E-state index in [-0.39, 0.29) is 0 Å². The highest BCUT2D eigenvalue weighted by Gasteiger charge is 2.29. The van der Waals surface area contributed by atoms with Gasteiger partial charge in [-0.1, -0.05) is 102 Å². The Morgan fingerprint density at radius 2 is 0.614 bits per heavy atom. The number of rotatable bonds is 8. The normalized spacial score (nSPS) is 13.5. The molecule has 5 rings (SSSR count). The van der Waals surface area contributed by atoms with Crippen LogP contribution in [0.2, 0.25) is 20.1 Å². The summed E-state index contributed by atoms with van der Waals surface area (Å²) in [6, 6.07) is 0. The first kappa shape index (κ1) is 33.1. The summed E-state index contributed by atoms with van der Waals surface area (Å²) in [6.45, 7) is 17.2. The quantitative estimate of drug-likeness (QED) is 0.250. The molecule has 2 N–H and O–H groups in total. The molecule has 2 aliphatic rings. The van der Waals surface area contributed by atoms with Crippen LogP contribution in [0.1, 0.15) is 126 Å². The van der Waals surface area contributed by atoms with Gasteiger partial charge in [0.15, 0.2) is 0 Å². The van der Waals surface area contributed by atoms with Gasteiger partial charge in [-0.15, -0.1) is 0 Å². The number of nitrogens with zero attached hydrogens (tertiary/aromatic N) is 2. The van der Waals surface area contributed by atoms with Crippen molar-refractivity contribution in [3.63, 3.8) is 0 Å². The number of H-pyrrole nitrogens is 2. The molecule has 0 saturated heterocycles. The standard InChI is InChI=1S/C36H42Cl4N4/c1-9-17-18(10-2)30-26(38)32-21(13-5)22(14-6)34(43-32)28(40)36-24(16-8)23(15-7)35(44-36)27(39)33-20(12-4)19(11-3)31(42-33)25(37)29(17)41-30/h41-42H,9-16H2,1-8H3. The zero-order chi connectivity index (χ0) is 32.0. The third-order valence-electron chi connectivity index (χ3n) is 9.29. The number of nitrogens with one attached hydrogen (secondary N) is 2. The SMILES string of the molecule is CCC1=C(CC)c2nc1c(Cl)c1nc(c(Cl)c3[nH]c(c(CC)c3CC)c(Cl)c3[nH]c(c2Cl)c(CC)c3CC)C(CC)=C1CC. The van der Waals surface area contributed by atoms with Gasteiger partial charge in [0.1, 0.15) is 0 Å². The maximum Gasteiger partial charge on any atom is 0.0925 e. The lowest BCUT2D eigenvalue weighted by atomic mass is 9.97.